The quantitative estimate of drug-likeness (QED) is 0.667. The van der Waals surface area contributed by atoms with Gasteiger partial charge in [0.25, 0.3) is 0 Å². The van der Waals surface area contributed by atoms with Gasteiger partial charge in [-0.3, -0.25) is 0 Å². The smallest absolute Gasteiger partial charge is 0.336 e. The third kappa shape index (κ3) is 3.36. The zero-order chi connectivity index (χ0) is 18.6. The van der Waals surface area contributed by atoms with E-state index in [-0.39, 0.29) is 0 Å². The molecule has 0 amide bonds. The van der Waals surface area contributed by atoms with Crippen LogP contribution in [0.15, 0.2) is 18.2 Å². The Hall–Kier alpha value is -1.34. The summed E-state index contributed by atoms with van der Waals surface area (Å²) in [4.78, 5) is 11.7. The van der Waals surface area contributed by atoms with E-state index < -0.39 is 17.2 Å². The first-order chi connectivity index (χ1) is 11.5. The number of aliphatic hydroxyl groups is 1. The van der Waals surface area contributed by atoms with Gasteiger partial charge in [0, 0.05) is 10.2 Å². The lowest BCUT2D eigenvalue weighted by molar-refractivity contribution is -0.0892. The highest BCUT2D eigenvalue weighted by atomic mass is 32.1. The normalized spacial score (nSPS) is 12.8. The van der Waals surface area contributed by atoms with Crippen LogP contribution in [0, 0.1) is 0 Å². The van der Waals surface area contributed by atoms with Crippen LogP contribution >= 0.6 is 22.7 Å². The van der Waals surface area contributed by atoms with Crippen molar-refractivity contribution < 1.29 is 19.7 Å². The lowest BCUT2D eigenvalue weighted by Crippen LogP contribution is -2.49. The first-order valence-corrected chi connectivity index (χ1v) is 9.68. The van der Waals surface area contributed by atoms with Gasteiger partial charge in [0.2, 0.25) is 0 Å². The molecule has 0 aliphatic carbocycles. The lowest BCUT2D eigenvalue weighted by atomic mass is 9.86. The van der Waals surface area contributed by atoms with Gasteiger partial charge in [0.15, 0.2) is 7.85 Å². The van der Waals surface area contributed by atoms with E-state index in [1.807, 2.05) is 33.8 Å². The van der Waals surface area contributed by atoms with Gasteiger partial charge in [-0.2, -0.15) is 0 Å². The second-order valence-electron chi connectivity index (χ2n) is 7.32. The van der Waals surface area contributed by atoms with Crippen molar-refractivity contribution in [1.82, 2.24) is 0 Å². The molecule has 1 aromatic carbocycles. The Labute approximate surface area is 156 Å². The summed E-state index contributed by atoms with van der Waals surface area (Å²) in [7, 11) is 2.36. The second-order valence-corrected chi connectivity index (χ2v) is 9.71. The maximum absolute atomic E-state index is 11.7. The van der Waals surface area contributed by atoms with E-state index in [1.54, 1.807) is 42.6 Å². The van der Waals surface area contributed by atoms with Crippen molar-refractivity contribution in [1.29, 1.82) is 0 Å². The summed E-state index contributed by atoms with van der Waals surface area (Å²) in [6.07, 6.45) is 0. The molecule has 0 atom stereocenters. The van der Waals surface area contributed by atoms with Gasteiger partial charge in [0.05, 0.1) is 26.2 Å². The number of rotatable bonds is 5. The van der Waals surface area contributed by atoms with Crippen LogP contribution in [0.25, 0.3) is 20.2 Å². The van der Waals surface area contributed by atoms with Crippen molar-refractivity contribution in [2.45, 2.75) is 38.9 Å². The Balaban J connectivity index is 2.06. The van der Waals surface area contributed by atoms with Crippen LogP contribution in [0.5, 0.6) is 0 Å². The summed E-state index contributed by atoms with van der Waals surface area (Å²) in [6.45, 7) is 7.14. The highest BCUT2D eigenvalue weighted by Gasteiger charge is 2.35. The third-order valence-corrected chi connectivity index (χ3v) is 7.08. The predicted octanol–water partition coefficient (Wildman–Crippen LogP) is 1.62. The molecule has 0 radical (unpaired) electrons. The summed E-state index contributed by atoms with van der Waals surface area (Å²) in [6, 6.07) is 5.68. The monoisotopic (exact) mass is 374 g/mol. The lowest BCUT2D eigenvalue weighted by Gasteiger charge is -2.37. The number of hydrogen-bond donors (Lipinski definition) is 2. The zero-order valence-corrected chi connectivity index (χ0v) is 16.6. The number of carboxylic acids is 1. The van der Waals surface area contributed by atoms with Crippen molar-refractivity contribution in [3.05, 3.63) is 23.8 Å². The molecular formula is C17H20B2O4S2. The molecule has 0 saturated carbocycles. The molecule has 2 N–H and O–H groups in total. The van der Waals surface area contributed by atoms with E-state index in [0.29, 0.717) is 13.0 Å². The van der Waals surface area contributed by atoms with E-state index in [2.05, 4.69) is 0 Å². The number of carboxylic acid groups (broad SMARTS) is 1. The van der Waals surface area contributed by atoms with E-state index in [9.17, 15) is 15.0 Å². The number of thiophene rings is 2. The van der Waals surface area contributed by atoms with E-state index in [0.717, 1.165) is 29.7 Å². The van der Waals surface area contributed by atoms with Gasteiger partial charge in [-0.25, -0.2) is 4.79 Å². The molecule has 25 heavy (non-hydrogen) atoms. The summed E-state index contributed by atoms with van der Waals surface area (Å²) >= 11 is 3.24. The molecule has 0 spiro atoms. The largest absolute Gasteiger partial charge is 0.478 e. The van der Waals surface area contributed by atoms with Gasteiger partial charge in [-0.1, -0.05) is 6.07 Å². The third-order valence-electron chi connectivity index (χ3n) is 4.74. The Bertz CT molecular complexity index is 966. The van der Waals surface area contributed by atoms with Crippen molar-refractivity contribution in [3.63, 3.8) is 0 Å². The molecule has 3 aromatic rings. The van der Waals surface area contributed by atoms with Gasteiger partial charge in [-0.15, -0.1) is 22.7 Å². The minimum atomic E-state index is -0.978. The van der Waals surface area contributed by atoms with Crippen LogP contribution in [-0.4, -0.2) is 42.7 Å². The SMILES string of the molecule is Bc1cc2cc(C(=O)O)c3cc(BOC(C)(C)C(C)(C)O)sc3c2s1. The van der Waals surface area contributed by atoms with Gasteiger partial charge in [0.1, 0.15) is 0 Å². The summed E-state index contributed by atoms with van der Waals surface area (Å²) in [5, 5.41) is 21.5. The van der Waals surface area contributed by atoms with Crippen molar-refractivity contribution in [2.24, 2.45) is 0 Å². The number of carbonyl (C=O) groups is 1. The van der Waals surface area contributed by atoms with Crippen molar-refractivity contribution in [3.8, 4) is 0 Å². The molecule has 2 heterocycles. The highest BCUT2D eigenvalue weighted by molar-refractivity contribution is 7.34. The Morgan fingerprint density at radius 3 is 2.44 bits per heavy atom. The zero-order valence-electron chi connectivity index (χ0n) is 15.0. The maximum atomic E-state index is 11.7. The average Bonchev–Trinajstić information content (AvgIpc) is 3.04. The fourth-order valence-electron chi connectivity index (χ4n) is 2.54. The molecule has 0 fully saturated rings. The van der Waals surface area contributed by atoms with Crippen molar-refractivity contribution >= 4 is 73.7 Å². The molecule has 2 aromatic heterocycles. The molecule has 0 aliphatic heterocycles. The molecule has 0 unspecified atom stereocenters. The molecule has 0 aliphatic rings. The average molecular weight is 374 g/mol. The van der Waals surface area contributed by atoms with Crippen LogP contribution in [0.4, 0.5) is 0 Å². The standard InChI is InChI=1S/C17H20B2O4S2/c1-16(2,22)17(3,4)23-19-12-7-9-10(15(20)21)5-8-6-11(18)24-13(8)14(9)25-12/h5-7,19,22H,18H2,1-4H3,(H,20,21). The number of fused-ring (bicyclic) bond motifs is 3. The van der Waals surface area contributed by atoms with Crippen LogP contribution in [-0.2, 0) is 4.65 Å². The number of hydrogen-bond acceptors (Lipinski definition) is 5. The summed E-state index contributed by atoms with van der Waals surface area (Å²) < 4.78 is 10.2. The van der Waals surface area contributed by atoms with Gasteiger partial charge in [-0.05, 0) is 50.0 Å². The predicted molar refractivity (Wildman–Crippen MR) is 111 cm³/mol. The molecule has 4 nitrogen and oxygen atoms in total. The minimum absolute atomic E-state index is 0.324. The minimum Gasteiger partial charge on any atom is -0.478 e. The van der Waals surface area contributed by atoms with Crippen LogP contribution in [0.3, 0.4) is 0 Å². The summed E-state index contributed by atoms with van der Waals surface area (Å²) in [5.74, 6) is -0.919. The first kappa shape index (κ1) is 18.5. The van der Waals surface area contributed by atoms with Crippen LogP contribution in [0.2, 0.25) is 0 Å². The molecule has 0 bridgehead atoms. The number of benzene rings is 1. The van der Waals surface area contributed by atoms with E-state index in [1.165, 1.54) is 0 Å². The fourth-order valence-corrected chi connectivity index (χ4v) is 4.78. The molecule has 3 rings (SSSR count). The second kappa shape index (κ2) is 6.13. The highest BCUT2D eigenvalue weighted by Crippen LogP contribution is 2.34. The Morgan fingerprint density at radius 2 is 1.84 bits per heavy atom. The van der Waals surface area contributed by atoms with Crippen LogP contribution in [0.1, 0.15) is 38.1 Å². The summed E-state index contributed by atoms with van der Waals surface area (Å²) in [5.41, 5.74) is -1.37. The molecule has 8 heteroatoms. The molecule has 130 valence electrons. The topological polar surface area (TPSA) is 66.8 Å². The van der Waals surface area contributed by atoms with E-state index >= 15 is 0 Å². The van der Waals surface area contributed by atoms with Gasteiger partial charge < -0.3 is 14.9 Å². The van der Waals surface area contributed by atoms with Crippen molar-refractivity contribution in [2.75, 3.05) is 0 Å². The Kier molecular flexibility index (Phi) is 4.52. The van der Waals surface area contributed by atoms with Gasteiger partial charge >= 0.3 is 13.5 Å². The Morgan fingerprint density at radius 1 is 1.16 bits per heavy atom. The first-order valence-electron chi connectivity index (χ1n) is 8.05. The van der Waals surface area contributed by atoms with Crippen LogP contribution < -0.4 is 9.55 Å². The molecular weight excluding hydrogens is 354 g/mol. The number of aromatic carboxylic acids is 1. The molecule has 0 saturated heterocycles. The fraction of sp³-hybridized carbons (Fsp3) is 0.353. The maximum Gasteiger partial charge on any atom is 0.336 e. The van der Waals surface area contributed by atoms with E-state index in [4.69, 9.17) is 4.65 Å².